The Balaban J connectivity index is 1.41. The quantitative estimate of drug-likeness (QED) is 0.187. The first-order valence-electron chi connectivity index (χ1n) is 15.2. The molecule has 0 radical (unpaired) electrons. The lowest BCUT2D eigenvalue weighted by molar-refractivity contribution is 1.18. The number of benzene rings is 8. The lowest BCUT2D eigenvalue weighted by atomic mass is 9.93. The van der Waals surface area contributed by atoms with E-state index in [1.807, 2.05) is 0 Å². The van der Waals surface area contributed by atoms with Crippen molar-refractivity contribution in [1.82, 2.24) is 9.13 Å². The molecule has 0 amide bonds. The van der Waals surface area contributed by atoms with Crippen LogP contribution < -0.4 is 0 Å². The molecular formula is C42H26N2. The van der Waals surface area contributed by atoms with Crippen molar-refractivity contribution in [1.29, 1.82) is 0 Å². The van der Waals surface area contributed by atoms with Gasteiger partial charge in [0.1, 0.15) is 0 Å². The van der Waals surface area contributed by atoms with Crippen molar-refractivity contribution < 1.29 is 0 Å². The number of hydrogen-bond donors (Lipinski definition) is 0. The van der Waals surface area contributed by atoms with Crippen LogP contribution in [0.3, 0.4) is 0 Å². The highest BCUT2D eigenvalue weighted by Crippen LogP contribution is 2.43. The van der Waals surface area contributed by atoms with Gasteiger partial charge in [0, 0.05) is 32.6 Å². The van der Waals surface area contributed by atoms with Gasteiger partial charge in [0.25, 0.3) is 0 Å². The van der Waals surface area contributed by atoms with Crippen molar-refractivity contribution in [2.45, 2.75) is 0 Å². The van der Waals surface area contributed by atoms with Gasteiger partial charge in [-0.15, -0.1) is 0 Å². The fourth-order valence-corrected chi connectivity index (χ4v) is 7.67. The van der Waals surface area contributed by atoms with Gasteiger partial charge in [0.05, 0.1) is 27.8 Å². The molecule has 0 aliphatic heterocycles. The Morgan fingerprint density at radius 3 is 1.32 bits per heavy atom. The summed E-state index contributed by atoms with van der Waals surface area (Å²) in [5, 5.41) is 12.8. The fraction of sp³-hybridized carbons (Fsp3) is 0. The molecule has 0 aliphatic rings. The number of hydrogen-bond acceptors (Lipinski definition) is 0. The number of aromatic nitrogens is 2. The molecule has 0 atom stereocenters. The van der Waals surface area contributed by atoms with E-state index in [4.69, 9.17) is 0 Å². The summed E-state index contributed by atoms with van der Waals surface area (Å²) in [5.74, 6) is 0. The minimum absolute atomic E-state index is 1.18. The summed E-state index contributed by atoms with van der Waals surface area (Å²) in [6.07, 6.45) is 0. The minimum atomic E-state index is 1.18. The van der Waals surface area contributed by atoms with Crippen LogP contribution in [0.2, 0.25) is 0 Å². The molecule has 2 heteroatoms. The molecule has 10 rings (SSSR count). The lowest BCUT2D eigenvalue weighted by Crippen LogP contribution is -1.97. The van der Waals surface area contributed by atoms with Gasteiger partial charge in [-0.1, -0.05) is 115 Å². The zero-order chi connectivity index (χ0) is 28.8. The summed E-state index contributed by atoms with van der Waals surface area (Å²) in [7, 11) is 0. The summed E-state index contributed by atoms with van der Waals surface area (Å²) in [4.78, 5) is 0. The van der Waals surface area contributed by atoms with Crippen molar-refractivity contribution in [2.75, 3.05) is 0 Å². The molecule has 8 aromatic carbocycles. The second kappa shape index (κ2) is 8.82. The van der Waals surface area contributed by atoms with Crippen molar-refractivity contribution in [3.05, 3.63) is 158 Å². The highest BCUT2D eigenvalue weighted by molar-refractivity contribution is 6.28. The minimum Gasteiger partial charge on any atom is -0.309 e. The average Bonchev–Trinajstić information content (AvgIpc) is 3.59. The Labute approximate surface area is 253 Å². The third-order valence-electron chi connectivity index (χ3n) is 9.47. The van der Waals surface area contributed by atoms with E-state index in [9.17, 15) is 0 Å². The summed E-state index contributed by atoms with van der Waals surface area (Å²) in [5.41, 5.74) is 7.27. The molecular weight excluding hydrogens is 532 g/mol. The normalized spacial score (nSPS) is 12.1. The van der Waals surface area contributed by atoms with Crippen LogP contribution in [-0.2, 0) is 0 Å². The van der Waals surface area contributed by atoms with Gasteiger partial charge in [0.15, 0.2) is 0 Å². The first-order valence-corrected chi connectivity index (χ1v) is 15.2. The van der Waals surface area contributed by atoms with Crippen LogP contribution >= 0.6 is 0 Å². The molecule has 0 saturated heterocycles. The molecule has 204 valence electrons. The van der Waals surface area contributed by atoms with Crippen LogP contribution in [0.5, 0.6) is 0 Å². The zero-order valence-electron chi connectivity index (χ0n) is 23.9. The number of para-hydroxylation sites is 3. The van der Waals surface area contributed by atoms with Gasteiger partial charge >= 0.3 is 0 Å². The van der Waals surface area contributed by atoms with E-state index in [0.717, 1.165) is 0 Å². The van der Waals surface area contributed by atoms with Crippen LogP contribution in [0.15, 0.2) is 158 Å². The van der Waals surface area contributed by atoms with E-state index in [1.54, 1.807) is 0 Å². The van der Waals surface area contributed by atoms with E-state index < -0.39 is 0 Å². The molecule has 0 fully saturated rings. The van der Waals surface area contributed by atoms with Gasteiger partial charge in [-0.3, -0.25) is 0 Å². The highest BCUT2D eigenvalue weighted by atomic mass is 15.0. The Morgan fingerprint density at radius 2 is 0.705 bits per heavy atom. The number of nitrogens with zero attached hydrogens (tertiary/aromatic N) is 2. The van der Waals surface area contributed by atoms with E-state index >= 15 is 0 Å². The summed E-state index contributed by atoms with van der Waals surface area (Å²) in [6, 6.07) is 57.7. The van der Waals surface area contributed by atoms with E-state index in [1.165, 1.54) is 87.3 Å². The monoisotopic (exact) mass is 558 g/mol. The van der Waals surface area contributed by atoms with Gasteiger partial charge in [-0.2, -0.15) is 0 Å². The number of rotatable bonds is 2. The standard InChI is InChI=1S/C42H26N2/c1-2-13-27(14-3-1)43-37-22-10-8-18-31(37)35-26-41-36(25-40(35)43)32-19-9-11-23-38(32)44(41)39-24-12-21-34-30-16-5-4-15-28(30)29-17-6-7-20-33(29)42(34)39/h1-26H. The second-order valence-corrected chi connectivity index (χ2v) is 11.7. The fourth-order valence-electron chi connectivity index (χ4n) is 7.67. The van der Waals surface area contributed by atoms with E-state index in [-0.39, 0.29) is 0 Å². The third-order valence-corrected chi connectivity index (χ3v) is 9.47. The molecule has 0 aliphatic carbocycles. The maximum Gasteiger partial charge on any atom is 0.0549 e. The predicted molar refractivity (Wildman–Crippen MR) is 188 cm³/mol. The van der Waals surface area contributed by atoms with Crippen LogP contribution in [0, 0.1) is 0 Å². The molecule has 44 heavy (non-hydrogen) atoms. The zero-order valence-corrected chi connectivity index (χ0v) is 23.9. The third kappa shape index (κ3) is 3.09. The highest BCUT2D eigenvalue weighted by Gasteiger charge is 2.20. The molecule has 2 nitrogen and oxygen atoms in total. The van der Waals surface area contributed by atoms with Gasteiger partial charge in [0.2, 0.25) is 0 Å². The van der Waals surface area contributed by atoms with Crippen LogP contribution in [0.4, 0.5) is 0 Å². The Hall–Kier alpha value is -5.86. The first-order chi connectivity index (χ1) is 21.9. The van der Waals surface area contributed by atoms with E-state index in [2.05, 4.69) is 167 Å². The smallest absolute Gasteiger partial charge is 0.0549 e. The predicted octanol–water partition coefficient (Wildman–Crippen LogP) is 11.3. The average molecular weight is 559 g/mol. The molecule has 2 aromatic heterocycles. The lowest BCUT2D eigenvalue weighted by Gasteiger charge is -2.16. The molecule has 0 spiro atoms. The van der Waals surface area contributed by atoms with Crippen molar-refractivity contribution in [2.24, 2.45) is 0 Å². The summed E-state index contributed by atoms with van der Waals surface area (Å²) >= 11 is 0. The molecule has 0 unspecified atom stereocenters. The van der Waals surface area contributed by atoms with Crippen molar-refractivity contribution in [3.63, 3.8) is 0 Å². The maximum absolute atomic E-state index is 2.50. The van der Waals surface area contributed by atoms with Crippen molar-refractivity contribution >= 4 is 75.9 Å². The maximum atomic E-state index is 2.50. The summed E-state index contributed by atoms with van der Waals surface area (Å²) in [6.45, 7) is 0. The van der Waals surface area contributed by atoms with Gasteiger partial charge in [-0.25, -0.2) is 0 Å². The van der Waals surface area contributed by atoms with Gasteiger partial charge < -0.3 is 9.13 Å². The molecule has 10 aromatic rings. The Bertz CT molecular complexity index is 2720. The van der Waals surface area contributed by atoms with E-state index in [0.29, 0.717) is 0 Å². The molecule has 2 heterocycles. The first kappa shape index (κ1) is 23.7. The van der Waals surface area contributed by atoms with Gasteiger partial charge in [-0.05, 0) is 69.4 Å². The van der Waals surface area contributed by atoms with Crippen molar-refractivity contribution in [3.8, 4) is 11.4 Å². The topological polar surface area (TPSA) is 9.86 Å². The van der Waals surface area contributed by atoms with Crippen LogP contribution in [0.25, 0.3) is 87.3 Å². The number of fused-ring (bicyclic) bond motifs is 12. The van der Waals surface area contributed by atoms with Crippen LogP contribution in [-0.4, -0.2) is 9.13 Å². The molecule has 0 bridgehead atoms. The van der Waals surface area contributed by atoms with Crippen LogP contribution in [0.1, 0.15) is 0 Å². The Kier molecular flexibility index (Phi) is 4.75. The molecule has 0 N–H and O–H groups in total. The second-order valence-electron chi connectivity index (χ2n) is 11.7. The SMILES string of the molecule is c1ccc(-n2c3ccccc3c3cc4c(cc32)c2ccccc2n4-c2cccc3c4ccccc4c4ccccc4c23)cc1. The largest absolute Gasteiger partial charge is 0.309 e. The Morgan fingerprint density at radius 1 is 0.273 bits per heavy atom. The molecule has 0 saturated carbocycles. The summed E-state index contributed by atoms with van der Waals surface area (Å²) < 4.78 is 4.91.